The Labute approximate surface area is 138 Å². The van der Waals surface area contributed by atoms with Gasteiger partial charge in [0.05, 0.1) is 0 Å². The monoisotopic (exact) mass is 326 g/mol. The van der Waals surface area contributed by atoms with Gasteiger partial charge in [0.1, 0.15) is 11.6 Å². The number of pyridine rings is 1. The summed E-state index contributed by atoms with van der Waals surface area (Å²) in [4.78, 5) is 18.7. The zero-order valence-corrected chi connectivity index (χ0v) is 13.2. The Morgan fingerprint density at radius 2 is 1.88 bits per heavy atom. The van der Waals surface area contributed by atoms with Gasteiger partial charge in [0, 0.05) is 42.2 Å². The number of likely N-dealkylation sites (N-methyl/N-ethyl adjacent to an activating group) is 1. The maximum atomic E-state index is 13.8. The van der Waals surface area contributed by atoms with Crippen molar-refractivity contribution in [3.8, 4) is 0 Å². The lowest BCUT2D eigenvalue weighted by atomic mass is 9.95. The van der Waals surface area contributed by atoms with Gasteiger partial charge in [-0.25, -0.2) is 8.78 Å². The average molecular weight is 326 g/mol. The molecule has 1 fully saturated rings. The third-order valence-corrected chi connectivity index (χ3v) is 3.78. The number of ketones is 1. The molecule has 2 aromatic rings. The summed E-state index contributed by atoms with van der Waals surface area (Å²) >= 11 is 0. The predicted molar refractivity (Wildman–Crippen MR) is 89.1 cm³/mol. The average Bonchev–Trinajstić information content (AvgIpc) is 2.56. The van der Waals surface area contributed by atoms with E-state index in [9.17, 15) is 13.6 Å². The van der Waals surface area contributed by atoms with E-state index in [1.165, 1.54) is 6.08 Å². The Bertz CT molecular complexity index is 829. The molecule has 122 valence electrons. The van der Waals surface area contributed by atoms with E-state index in [0.717, 1.165) is 23.8 Å². The minimum atomic E-state index is -0.553. The molecule has 0 atom stereocenters. The highest BCUT2D eigenvalue weighted by Crippen LogP contribution is 2.22. The zero-order chi connectivity index (χ0) is 17.1. The van der Waals surface area contributed by atoms with Crippen LogP contribution in [0.25, 0.3) is 12.2 Å². The number of nitrogens with zero attached hydrogens (tertiary/aromatic N) is 2. The second-order valence-corrected chi connectivity index (χ2v) is 5.79. The van der Waals surface area contributed by atoms with E-state index >= 15 is 0 Å². The molecule has 1 aromatic carbocycles. The topological polar surface area (TPSA) is 33.2 Å². The van der Waals surface area contributed by atoms with Gasteiger partial charge >= 0.3 is 0 Å². The molecule has 0 aliphatic carbocycles. The van der Waals surface area contributed by atoms with Crippen LogP contribution in [0.1, 0.15) is 11.1 Å². The first-order valence-electron chi connectivity index (χ1n) is 7.52. The number of benzene rings is 1. The molecule has 1 aromatic heterocycles. The third kappa shape index (κ3) is 3.63. The molecule has 0 spiro atoms. The number of rotatable bonds is 2. The van der Waals surface area contributed by atoms with Gasteiger partial charge in [0.25, 0.3) is 0 Å². The molecule has 0 unspecified atom stereocenters. The molecule has 2 heterocycles. The van der Waals surface area contributed by atoms with Crippen LogP contribution in [-0.4, -0.2) is 35.8 Å². The van der Waals surface area contributed by atoms with Gasteiger partial charge in [-0.2, -0.15) is 0 Å². The van der Waals surface area contributed by atoms with E-state index in [2.05, 4.69) is 4.98 Å². The first-order chi connectivity index (χ1) is 11.5. The maximum absolute atomic E-state index is 13.8. The number of aromatic nitrogens is 1. The molecule has 3 rings (SSSR count). The van der Waals surface area contributed by atoms with Crippen molar-refractivity contribution in [2.24, 2.45) is 0 Å². The second-order valence-electron chi connectivity index (χ2n) is 5.79. The van der Waals surface area contributed by atoms with Gasteiger partial charge in [-0.15, -0.1) is 0 Å². The van der Waals surface area contributed by atoms with Crippen LogP contribution >= 0.6 is 0 Å². The number of hydrogen-bond donors (Lipinski definition) is 0. The van der Waals surface area contributed by atoms with Crippen molar-refractivity contribution in [3.05, 3.63) is 76.6 Å². The van der Waals surface area contributed by atoms with E-state index < -0.39 is 11.6 Å². The number of carbonyl (C=O) groups is 1. The minimum absolute atomic E-state index is 0.0781. The molecule has 3 nitrogen and oxygen atoms in total. The summed E-state index contributed by atoms with van der Waals surface area (Å²) in [6.45, 7) is 0.885. The molecule has 0 saturated carbocycles. The Hall–Kier alpha value is -2.66. The number of hydrogen-bond acceptors (Lipinski definition) is 3. The van der Waals surface area contributed by atoms with E-state index in [0.29, 0.717) is 24.2 Å². The maximum Gasteiger partial charge on any atom is 0.187 e. The van der Waals surface area contributed by atoms with Crippen LogP contribution in [0.3, 0.4) is 0 Å². The van der Waals surface area contributed by atoms with Gasteiger partial charge in [0.15, 0.2) is 5.78 Å². The smallest absolute Gasteiger partial charge is 0.187 e. The summed E-state index contributed by atoms with van der Waals surface area (Å²) in [5.74, 6) is -1.24. The first-order valence-corrected chi connectivity index (χ1v) is 7.52. The molecule has 1 saturated heterocycles. The highest BCUT2D eigenvalue weighted by Gasteiger charge is 2.24. The minimum Gasteiger partial charge on any atom is -0.298 e. The van der Waals surface area contributed by atoms with Crippen molar-refractivity contribution in [2.75, 3.05) is 20.1 Å². The van der Waals surface area contributed by atoms with E-state index in [-0.39, 0.29) is 11.3 Å². The molecule has 1 aliphatic heterocycles. The zero-order valence-electron chi connectivity index (χ0n) is 13.2. The number of Topliss-reactive ketones (excluding diaryl/α,β-unsaturated/α-hetero) is 1. The predicted octanol–water partition coefficient (Wildman–Crippen LogP) is 3.34. The quantitative estimate of drug-likeness (QED) is 0.794. The molecular formula is C19H16F2N2O. The summed E-state index contributed by atoms with van der Waals surface area (Å²) in [5.41, 5.74) is 1.94. The fraction of sp³-hybridized carbons (Fsp3) is 0.158. The van der Waals surface area contributed by atoms with Gasteiger partial charge in [0.2, 0.25) is 0 Å². The lowest BCUT2D eigenvalue weighted by molar-refractivity contribution is -0.113. The van der Waals surface area contributed by atoms with Crippen LogP contribution in [0, 0.1) is 11.6 Å². The fourth-order valence-corrected chi connectivity index (χ4v) is 2.69. The number of likely N-dealkylation sites (tertiary alicyclic amines) is 1. The fourth-order valence-electron chi connectivity index (χ4n) is 2.69. The van der Waals surface area contributed by atoms with E-state index in [1.54, 1.807) is 24.5 Å². The van der Waals surface area contributed by atoms with Crippen molar-refractivity contribution in [1.82, 2.24) is 9.88 Å². The van der Waals surface area contributed by atoms with Crippen LogP contribution < -0.4 is 0 Å². The Morgan fingerprint density at radius 3 is 2.58 bits per heavy atom. The van der Waals surface area contributed by atoms with Crippen molar-refractivity contribution in [1.29, 1.82) is 0 Å². The van der Waals surface area contributed by atoms with Gasteiger partial charge < -0.3 is 0 Å². The SMILES string of the molecule is CN1C/C(=C\c2cccnc2)C(=O)/C(=C/c2cc(F)ccc2F)C1. The van der Waals surface area contributed by atoms with E-state index in [4.69, 9.17) is 0 Å². The number of carbonyl (C=O) groups excluding carboxylic acids is 1. The van der Waals surface area contributed by atoms with Crippen molar-refractivity contribution < 1.29 is 13.6 Å². The molecule has 0 N–H and O–H groups in total. The first kappa shape index (κ1) is 16.2. The van der Waals surface area contributed by atoms with Crippen molar-refractivity contribution in [2.45, 2.75) is 0 Å². The summed E-state index contributed by atoms with van der Waals surface area (Å²) < 4.78 is 27.2. The molecule has 24 heavy (non-hydrogen) atoms. The standard InChI is InChI=1S/C19H16F2N2O/c1-23-11-15(7-13-3-2-6-22-10-13)19(24)16(12-23)8-14-9-17(20)4-5-18(14)21/h2-10H,11-12H2,1H3/b15-7+,16-8+. The van der Waals surface area contributed by atoms with Crippen LogP contribution in [0.15, 0.2) is 53.9 Å². The molecular weight excluding hydrogens is 310 g/mol. The van der Waals surface area contributed by atoms with Crippen LogP contribution in [-0.2, 0) is 4.79 Å². The second kappa shape index (κ2) is 6.84. The van der Waals surface area contributed by atoms with Crippen LogP contribution in [0.5, 0.6) is 0 Å². The Morgan fingerprint density at radius 1 is 1.12 bits per heavy atom. The number of halogens is 2. The lowest BCUT2D eigenvalue weighted by Crippen LogP contribution is -2.34. The highest BCUT2D eigenvalue weighted by molar-refractivity contribution is 6.14. The van der Waals surface area contributed by atoms with Crippen LogP contribution in [0.4, 0.5) is 8.78 Å². The summed E-state index contributed by atoms with van der Waals surface area (Å²) in [6.07, 6.45) is 6.54. The normalized spacial score (nSPS) is 19.2. The molecule has 0 bridgehead atoms. The van der Waals surface area contributed by atoms with Crippen LogP contribution in [0.2, 0.25) is 0 Å². The third-order valence-electron chi connectivity index (χ3n) is 3.78. The Kier molecular flexibility index (Phi) is 4.62. The number of piperidine rings is 1. The molecule has 0 radical (unpaired) electrons. The largest absolute Gasteiger partial charge is 0.298 e. The van der Waals surface area contributed by atoms with E-state index in [1.807, 2.05) is 18.0 Å². The Balaban J connectivity index is 1.97. The van der Waals surface area contributed by atoms with Gasteiger partial charge in [-0.05, 0) is 49.0 Å². The van der Waals surface area contributed by atoms with Gasteiger partial charge in [-0.3, -0.25) is 14.7 Å². The molecule has 1 aliphatic rings. The highest BCUT2D eigenvalue weighted by atomic mass is 19.1. The summed E-state index contributed by atoms with van der Waals surface area (Å²) in [6, 6.07) is 6.86. The van der Waals surface area contributed by atoms with Crippen molar-refractivity contribution in [3.63, 3.8) is 0 Å². The summed E-state index contributed by atoms with van der Waals surface area (Å²) in [5, 5.41) is 0. The van der Waals surface area contributed by atoms with Gasteiger partial charge in [-0.1, -0.05) is 6.07 Å². The lowest BCUT2D eigenvalue weighted by Gasteiger charge is -2.26. The molecule has 0 amide bonds. The molecule has 5 heteroatoms. The summed E-state index contributed by atoms with van der Waals surface area (Å²) in [7, 11) is 1.87. The van der Waals surface area contributed by atoms with Crippen molar-refractivity contribution >= 4 is 17.9 Å².